The Morgan fingerprint density at radius 2 is 1.54 bits per heavy atom. The Morgan fingerprint density at radius 3 is 1.92 bits per heavy atom. The lowest BCUT2D eigenvalue weighted by atomic mass is 10.1. The molecule has 0 saturated carbocycles. The number of esters is 1. The maximum atomic E-state index is 12.2. The second-order valence-corrected chi connectivity index (χ2v) is 14.2. The van der Waals surface area contributed by atoms with Crippen LogP contribution in [0, 0.1) is 0 Å². The minimum Gasteiger partial charge on any atom is -0.469 e. The van der Waals surface area contributed by atoms with E-state index < -0.39 is 28.0 Å². The number of rotatable bonds is 10. The van der Waals surface area contributed by atoms with Gasteiger partial charge >= 0.3 is 13.6 Å². The Hall–Kier alpha value is -0.533. The molecule has 0 aliphatic rings. The molecule has 0 aromatic rings. The van der Waals surface area contributed by atoms with Gasteiger partial charge < -0.3 is 18.2 Å². The fourth-order valence-electron chi connectivity index (χ4n) is 1.76. The maximum absolute atomic E-state index is 12.2. The average molecular weight is 382 g/mol. The van der Waals surface area contributed by atoms with Crippen LogP contribution in [-0.2, 0) is 32.4 Å². The van der Waals surface area contributed by atoms with E-state index in [9.17, 15) is 14.2 Å². The van der Waals surface area contributed by atoms with Crippen molar-refractivity contribution in [1.82, 2.24) is 0 Å². The zero-order chi connectivity index (χ0) is 19.2. The van der Waals surface area contributed by atoms with Gasteiger partial charge in [0.15, 0.2) is 8.32 Å². The highest BCUT2D eigenvalue weighted by atomic mass is 31.2. The highest BCUT2D eigenvalue weighted by Gasteiger charge is 2.40. The fraction of sp³-hybridized carbons (Fsp3) is 0.867. The van der Waals surface area contributed by atoms with Gasteiger partial charge in [-0.2, -0.15) is 0 Å². The minimum atomic E-state index is -3.43. The number of carbonyl (C=O) groups is 2. The van der Waals surface area contributed by atoms with Crippen LogP contribution in [0.2, 0.25) is 18.1 Å². The predicted molar refractivity (Wildman–Crippen MR) is 94.8 cm³/mol. The number of Topliss-reactive ketones (excluding diaryl/α,β-unsaturated/α-hetero) is 1. The van der Waals surface area contributed by atoms with Gasteiger partial charge in [-0.25, -0.2) is 0 Å². The third-order valence-electron chi connectivity index (χ3n) is 4.27. The molecule has 24 heavy (non-hydrogen) atoms. The first-order valence-corrected chi connectivity index (χ1v) is 12.4. The van der Waals surface area contributed by atoms with Crippen molar-refractivity contribution in [3.05, 3.63) is 0 Å². The Labute approximate surface area is 146 Å². The van der Waals surface area contributed by atoms with Crippen molar-refractivity contribution < 1.29 is 32.4 Å². The second-order valence-electron chi connectivity index (χ2n) is 7.16. The fourth-order valence-corrected chi connectivity index (χ4v) is 4.08. The summed E-state index contributed by atoms with van der Waals surface area (Å²) in [6.45, 7) is 10.3. The molecule has 142 valence electrons. The molecule has 7 nitrogen and oxygen atoms in total. The monoisotopic (exact) mass is 382 g/mol. The second kappa shape index (κ2) is 9.24. The van der Waals surface area contributed by atoms with E-state index in [2.05, 4.69) is 25.5 Å². The van der Waals surface area contributed by atoms with Gasteiger partial charge in [-0.3, -0.25) is 14.2 Å². The lowest BCUT2D eigenvalue weighted by Crippen LogP contribution is -2.45. The lowest BCUT2D eigenvalue weighted by molar-refractivity contribution is -0.142. The van der Waals surface area contributed by atoms with Crippen LogP contribution in [0.15, 0.2) is 0 Å². The highest BCUT2D eigenvalue weighted by molar-refractivity contribution is 7.54. The highest BCUT2D eigenvalue weighted by Crippen LogP contribution is 2.46. The summed E-state index contributed by atoms with van der Waals surface area (Å²) in [5.41, 5.74) is 0. The first kappa shape index (κ1) is 23.5. The molecular formula is C15H31O7PSi. The summed E-state index contributed by atoms with van der Waals surface area (Å²) in [6.07, 6.45) is -1.04. The van der Waals surface area contributed by atoms with Crippen molar-refractivity contribution in [3.63, 3.8) is 0 Å². The van der Waals surface area contributed by atoms with E-state index in [0.29, 0.717) is 0 Å². The van der Waals surface area contributed by atoms with E-state index in [0.717, 1.165) is 0 Å². The molecule has 0 aliphatic carbocycles. The van der Waals surface area contributed by atoms with Crippen LogP contribution in [0.3, 0.4) is 0 Å². The molecule has 0 saturated heterocycles. The Morgan fingerprint density at radius 1 is 1.04 bits per heavy atom. The summed E-state index contributed by atoms with van der Waals surface area (Å²) in [5.74, 6) is -0.789. The molecule has 0 aromatic carbocycles. The molecule has 0 aliphatic heterocycles. The van der Waals surface area contributed by atoms with Gasteiger partial charge in [0.25, 0.3) is 0 Å². The zero-order valence-corrected chi connectivity index (χ0v) is 17.9. The summed E-state index contributed by atoms with van der Waals surface area (Å²) >= 11 is 0. The van der Waals surface area contributed by atoms with Gasteiger partial charge in [0, 0.05) is 20.6 Å². The van der Waals surface area contributed by atoms with Crippen LogP contribution in [0.25, 0.3) is 0 Å². The third kappa shape index (κ3) is 7.57. The van der Waals surface area contributed by atoms with Crippen LogP contribution >= 0.6 is 7.60 Å². The smallest absolute Gasteiger partial charge is 0.337 e. The number of methoxy groups -OCH3 is 1. The Bertz CT molecular complexity index is 477. The lowest BCUT2D eigenvalue weighted by Gasteiger charge is -2.39. The molecule has 9 heteroatoms. The largest absolute Gasteiger partial charge is 0.469 e. The Balaban J connectivity index is 5.13. The normalized spacial score (nSPS) is 14.3. The molecule has 1 unspecified atom stereocenters. The Kier molecular flexibility index (Phi) is 9.04. The summed E-state index contributed by atoms with van der Waals surface area (Å²) < 4.78 is 32.5. The van der Waals surface area contributed by atoms with Gasteiger partial charge in [-0.1, -0.05) is 20.8 Å². The summed E-state index contributed by atoms with van der Waals surface area (Å²) in [5, 5.41) is -0.0707. The van der Waals surface area contributed by atoms with E-state index >= 15 is 0 Å². The minimum absolute atomic E-state index is 0.0288. The van der Waals surface area contributed by atoms with Crippen molar-refractivity contribution in [1.29, 1.82) is 0 Å². The average Bonchev–Trinajstić information content (AvgIpc) is 2.44. The van der Waals surface area contributed by atoms with Gasteiger partial charge in [0.05, 0.1) is 19.6 Å². The zero-order valence-electron chi connectivity index (χ0n) is 16.0. The molecule has 0 radical (unpaired) electrons. The molecule has 0 bridgehead atoms. The van der Waals surface area contributed by atoms with Gasteiger partial charge in [0.1, 0.15) is 11.9 Å². The van der Waals surface area contributed by atoms with Crippen LogP contribution in [-0.4, -0.2) is 53.7 Å². The van der Waals surface area contributed by atoms with Crippen molar-refractivity contribution >= 4 is 27.7 Å². The molecule has 0 aromatic heterocycles. The van der Waals surface area contributed by atoms with Gasteiger partial charge in [-0.15, -0.1) is 0 Å². The van der Waals surface area contributed by atoms with Crippen LogP contribution in [0.4, 0.5) is 0 Å². The number of carbonyl (C=O) groups excluding carboxylic acids is 2. The molecule has 0 N–H and O–H groups in total. The topological polar surface area (TPSA) is 88.1 Å². The van der Waals surface area contributed by atoms with E-state index in [4.69, 9.17) is 13.5 Å². The van der Waals surface area contributed by atoms with Gasteiger partial charge in [0.2, 0.25) is 0 Å². The van der Waals surface area contributed by atoms with E-state index in [1.54, 1.807) is 0 Å². The van der Waals surface area contributed by atoms with Crippen molar-refractivity contribution in [3.8, 4) is 0 Å². The van der Waals surface area contributed by atoms with Crippen molar-refractivity contribution in [2.24, 2.45) is 0 Å². The standard InChI is InChI=1S/C15H31O7PSi/c1-15(2,3)24(7,8)22-13(10-14(17)19-4)9-12(16)11-23(18,20-5)21-6/h13H,9-11H2,1-8H3. The number of ether oxygens (including phenoxy) is 1. The molecule has 0 spiro atoms. The summed E-state index contributed by atoms with van der Waals surface area (Å²) in [7, 11) is -1.86. The molecule has 0 rings (SSSR count). The number of hydrogen-bond acceptors (Lipinski definition) is 7. The molecule has 1 atom stereocenters. The van der Waals surface area contributed by atoms with Crippen molar-refractivity contribution in [2.45, 2.75) is 57.8 Å². The van der Waals surface area contributed by atoms with E-state index in [1.165, 1.54) is 21.3 Å². The quantitative estimate of drug-likeness (QED) is 0.325. The first-order valence-electron chi connectivity index (χ1n) is 7.77. The predicted octanol–water partition coefficient (Wildman–Crippen LogP) is 3.39. The SMILES string of the molecule is COC(=O)CC(CC(=O)CP(=O)(OC)OC)O[Si](C)(C)C(C)(C)C. The van der Waals surface area contributed by atoms with Gasteiger partial charge in [-0.05, 0) is 18.1 Å². The van der Waals surface area contributed by atoms with Crippen LogP contribution in [0.5, 0.6) is 0 Å². The number of ketones is 1. The van der Waals surface area contributed by atoms with Crippen LogP contribution in [0.1, 0.15) is 33.6 Å². The third-order valence-corrected chi connectivity index (χ3v) is 10.7. The van der Waals surface area contributed by atoms with E-state index in [-0.39, 0.29) is 29.8 Å². The molecule has 0 amide bonds. The maximum Gasteiger partial charge on any atom is 0.337 e. The first-order chi connectivity index (χ1) is 10.8. The molecule has 0 fully saturated rings. The van der Waals surface area contributed by atoms with Crippen LogP contribution < -0.4 is 0 Å². The van der Waals surface area contributed by atoms with E-state index in [1.807, 2.05) is 13.1 Å². The molecule has 0 heterocycles. The summed E-state index contributed by atoms with van der Waals surface area (Å²) in [4.78, 5) is 23.9. The van der Waals surface area contributed by atoms with Crippen molar-refractivity contribution in [2.75, 3.05) is 27.5 Å². The summed E-state index contributed by atoms with van der Waals surface area (Å²) in [6, 6.07) is 0. The molecular weight excluding hydrogens is 351 g/mol. The number of hydrogen-bond donors (Lipinski definition) is 0.